The lowest BCUT2D eigenvalue weighted by Crippen LogP contribution is -2.47. The Balaban J connectivity index is 1.71. The van der Waals surface area contributed by atoms with Crippen molar-refractivity contribution in [3.63, 3.8) is 0 Å². The molecule has 0 bridgehead atoms. The number of anilines is 1. The highest BCUT2D eigenvalue weighted by Crippen LogP contribution is 2.39. The van der Waals surface area contributed by atoms with Gasteiger partial charge in [0.2, 0.25) is 5.91 Å². The van der Waals surface area contributed by atoms with Crippen molar-refractivity contribution in [1.82, 2.24) is 5.32 Å². The van der Waals surface area contributed by atoms with Crippen molar-refractivity contribution < 1.29 is 9.90 Å². The van der Waals surface area contributed by atoms with Gasteiger partial charge in [-0.15, -0.1) is 0 Å². The maximum Gasteiger partial charge on any atom is 0.239 e. The first-order valence-electron chi connectivity index (χ1n) is 7.67. The van der Waals surface area contributed by atoms with E-state index in [0.29, 0.717) is 12.0 Å². The molecule has 0 heterocycles. The van der Waals surface area contributed by atoms with Crippen molar-refractivity contribution >= 4 is 11.6 Å². The fraction of sp³-hybridized carbons (Fsp3) is 0.588. The molecule has 116 valence electrons. The van der Waals surface area contributed by atoms with E-state index in [4.69, 9.17) is 0 Å². The summed E-state index contributed by atoms with van der Waals surface area (Å²) in [6.07, 6.45) is 3.52. The summed E-state index contributed by atoms with van der Waals surface area (Å²) in [4.78, 5) is 11.8. The van der Waals surface area contributed by atoms with E-state index in [0.717, 1.165) is 31.4 Å². The molecule has 0 aliphatic heterocycles. The number of aliphatic hydroxyl groups is 1. The predicted molar refractivity (Wildman–Crippen MR) is 85.1 cm³/mol. The Morgan fingerprint density at radius 2 is 1.76 bits per heavy atom. The van der Waals surface area contributed by atoms with Crippen molar-refractivity contribution in [2.75, 3.05) is 18.4 Å². The van der Waals surface area contributed by atoms with Gasteiger partial charge in [0, 0.05) is 12.2 Å². The average molecular weight is 290 g/mol. The molecular weight excluding hydrogens is 264 g/mol. The van der Waals surface area contributed by atoms with Crippen LogP contribution in [0.15, 0.2) is 30.3 Å². The number of carbonyl (C=O) groups is 1. The number of hydrogen-bond acceptors (Lipinski definition) is 3. The molecule has 1 aromatic carbocycles. The normalized spacial score (nSPS) is 19.8. The number of nitrogens with one attached hydrogen (secondary N) is 2. The summed E-state index contributed by atoms with van der Waals surface area (Å²) in [6, 6.07) is 9.62. The van der Waals surface area contributed by atoms with Crippen LogP contribution in [0.25, 0.3) is 0 Å². The second kappa shape index (κ2) is 6.48. The maximum atomic E-state index is 11.8. The van der Waals surface area contributed by atoms with E-state index in [-0.39, 0.29) is 12.5 Å². The highest BCUT2D eigenvalue weighted by atomic mass is 16.3. The molecule has 0 atom stereocenters. The molecule has 0 saturated heterocycles. The molecule has 0 unspecified atom stereocenters. The Labute approximate surface area is 126 Å². The summed E-state index contributed by atoms with van der Waals surface area (Å²) in [5.74, 6) is -0.0860. The second-order valence-electron chi connectivity index (χ2n) is 6.88. The monoisotopic (exact) mass is 290 g/mol. The first-order valence-corrected chi connectivity index (χ1v) is 7.67. The van der Waals surface area contributed by atoms with Crippen molar-refractivity contribution in [1.29, 1.82) is 0 Å². The Bertz CT molecular complexity index is 461. The fourth-order valence-corrected chi connectivity index (χ4v) is 2.63. The fourth-order valence-electron chi connectivity index (χ4n) is 2.63. The van der Waals surface area contributed by atoms with Crippen molar-refractivity contribution in [2.24, 2.45) is 5.41 Å². The lowest BCUT2D eigenvalue weighted by molar-refractivity contribution is -0.121. The van der Waals surface area contributed by atoms with Crippen LogP contribution in [0, 0.1) is 5.41 Å². The minimum atomic E-state index is -0.738. The van der Waals surface area contributed by atoms with E-state index < -0.39 is 5.60 Å². The summed E-state index contributed by atoms with van der Waals surface area (Å²) >= 11 is 0. The number of benzene rings is 1. The van der Waals surface area contributed by atoms with Crippen LogP contribution in [0.2, 0.25) is 0 Å². The average Bonchev–Trinajstić information content (AvgIpc) is 2.48. The SMILES string of the molecule is CC1(C)CCC(O)(CNC(=O)CNc2ccccc2)CC1. The first kappa shape index (κ1) is 15.8. The maximum absolute atomic E-state index is 11.8. The number of rotatable bonds is 5. The number of hydrogen-bond donors (Lipinski definition) is 3. The van der Waals surface area contributed by atoms with Crippen LogP contribution in [0.1, 0.15) is 39.5 Å². The van der Waals surface area contributed by atoms with Gasteiger partial charge in [0.15, 0.2) is 0 Å². The molecule has 0 aromatic heterocycles. The minimum Gasteiger partial charge on any atom is -0.388 e. The van der Waals surface area contributed by atoms with Gasteiger partial charge in [-0.05, 0) is 43.2 Å². The predicted octanol–water partition coefficient (Wildman–Crippen LogP) is 2.55. The van der Waals surface area contributed by atoms with Gasteiger partial charge in [-0.2, -0.15) is 0 Å². The molecule has 0 spiro atoms. The highest BCUT2D eigenvalue weighted by Gasteiger charge is 2.36. The Kier molecular flexibility index (Phi) is 4.88. The van der Waals surface area contributed by atoms with Crippen molar-refractivity contribution in [3.05, 3.63) is 30.3 Å². The van der Waals surface area contributed by atoms with E-state index in [9.17, 15) is 9.90 Å². The smallest absolute Gasteiger partial charge is 0.239 e. The van der Waals surface area contributed by atoms with Crippen molar-refractivity contribution in [2.45, 2.75) is 45.1 Å². The third kappa shape index (κ3) is 5.05. The van der Waals surface area contributed by atoms with Crippen LogP contribution in [0.4, 0.5) is 5.69 Å². The number of para-hydroxylation sites is 1. The lowest BCUT2D eigenvalue weighted by Gasteiger charge is -2.40. The number of amides is 1. The van der Waals surface area contributed by atoms with Crippen LogP contribution >= 0.6 is 0 Å². The molecule has 2 rings (SSSR count). The molecule has 3 N–H and O–H groups in total. The molecule has 1 aliphatic rings. The van der Waals surface area contributed by atoms with E-state index in [1.54, 1.807) is 0 Å². The van der Waals surface area contributed by atoms with Crippen LogP contribution in [0.5, 0.6) is 0 Å². The molecule has 1 aliphatic carbocycles. The van der Waals surface area contributed by atoms with Gasteiger partial charge >= 0.3 is 0 Å². The topological polar surface area (TPSA) is 61.4 Å². The van der Waals surface area contributed by atoms with Crippen LogP contribution < -0.4 is 10.6 Å². The van der Waals surface area contributed by atoms with E-state index in [1.165, 1.54) is 0 Å². The molecule has 21 heavy (non-hydrogen) atoms. The molecule has 1 fully saturated rings. The van der Waals surface area contributed by atoms with Gasteiger partial charge in [-0.1, -0.05) is 32.0 Å². The highest BCUT2D eigenvalue weighted by molar-refractivity contribution is 5.80. The molecule has 0 radical (unpaired) electrons. The van der Waals surface area contributed by atoms with E-state index >= 15 is 0 Å². The Morgan fingerprint density at radius 3 is 2.38 bits per heavy atom. The third-order valence-corrected chi connectivity index (χ3v) is 4.38. The van der Waals surface area contributed by atoms with Crippen molar-refractivity contribution in [3.8, 4) is 0 Å². The van der Waals surface area contributed by atoms with Gasteiger partial charge in [0.25, 0.3) is 0 Å². The largest absolute Gasteiger partial charge is 0.388 e. The van der Waals surface area contributed by atoms with Gasteiger partial charge < -0.3 is 15.7 Å². The second-order valence-corrected chi connectivity index (χ2v) is 6.88. The minimum absolute atomic E-state index is 0.0860. The number of carbonyl (C=O) groups excluding carboxylic acids is 1. The van der Waals surface area contributed by atoms with E-state index in [1.807, 2.05) is 30.3 Å². The standard InChI is InChI=1S/C17H26N2O2/c1-16(2)8-10-17(21,11-9-16)13-19-15(20)12-18-14-6-4-3-5-7-14/h3-7,18,21H,8-13H2,1-2H3,(H,19,20). The summed E-state index contributed by atoms with van der Waals surface area (Å²) in [6.45, 7) is 5.04. The van der Waals surface area contributed by atoms with Crippen LogP contribution in [-0.4, -0.2) is 29.7 Å². The summed E-state index contributed by atoms with van der Waals surface area (Å²) in [7, 11) is 0. The van der Waals surface area contributed by atoms with Crippen LogP contribution in [-0.2, 0) is 4.79 Å². The summed E-state index contributed by atoms with van der Waals surface area (Å²) in [5.41, 5.74) is 0.494. The summed E-state index contributed by atoms with van der Waals surface area (Å²) < 4.78 is 0. The zero-order chi connectivity index (χ0) is 15.3. The summed E-state index contributed by atoms with van der Waals surface area (Å²) in [5, 5.41) is 16.4. The molecule has 1 saturated carbocycles. The van der Waals surface area contributed by atoms with Gasteiger partial charge in [0.05, 0.1) is 12.1 Å². The molecular formula is C17H26N2O2. The van der Waals surface area contributed by atoms with Crippen LogP contribution in [0.3, 0.4) is 0 Å². The zero-order valence-corrected chi connectivity index (χ0v) is 13.0. The zero-order valence-electron chi connectivity index (χ0n) is 13.0. The Hall–Kier alpha value is -1.55. The van der Waals surface area contributed by atoms with Gasteiger partial charge in [-0.3, -0.25) is 4.79 Å². The third-order valence-electron chi connectivity index (χ3n) is 4.38. The quantitative estimate of drug-likeness (QED) is 0.781. The first-order chi connectivity index (χ1) is 9.89. The van der Waals surface area contributed by atoms with Gasteiger partial charge in [0.1, 0.15) is 0 Å². The molecule has 1 aromatic rings. The molecule has 4 nitrogen and oxygen atoms in total. The van der Waals surface area contributed by atoms with E-state index in [2.05, 4.69) is 24.5 Å². The molecule has 1 amide bonds. The molecule has 4 heteroatoms. The van der Waals surface area contributed by atoms with Gasteiger partial charge in [-0.25, -0.2) is 0 Å². The lowest BCUT2D eigenvalue weighted by atomic mass is 9.71. The Morgan fingerprint density at radius 1 is 1.14 bits per heavy atom.